The Morgan fingerprint density at radius 2 is 1.76 bits per heavy atom. The third-order valence-electron chi connectivity index (χ3n) is 3.53. The lowest BCUT2D eigenvalue weighted by molar-refractivity contribution is 0.578. The van der Waals surface area contributed by atoms with Gasteiger partial charge in [-0.05, 0) is 32.6 Å². The molecule has 1 saturated carbocycles. The summed E-state index contributed by atoms with van der Waals surface area (Å²) in [5.74, 6) is 3.54. The van der Waals surface area contributed by atoms with Gasteiger partial charge in [-0.25, -0.2) is 9.97 Å². The van der Waals surface area contributed by atoms with E-state index < -0.39 is 0 Å². The molecule has 4 heteroatoms. The highest BCUT2D eigenvalue weighted by Crippen LogP contribution is 2.26. The van der Waals surface area contributed by atoms with Crippen LogP contribution in [0.5, 0.6) is 0 Å². The van der Waals surface area contributed by atoms with E-state index in [4.69, 9.17) is 0 Å². The van der Waals surface area contributed by atoms with E-state index in [2.05, 4.69) is 27.5 Å². The smallest absolute Gasteiger partial charge is 0.134 e. The highest BCUT2D eigenvalue weighted by molar-refractivity contribution is 5.56. The van der Waals surface area contributed by atoms with Crippen LogP contribution >= 0.6 is 0 Å². The van der Waals surface area contributed by atoms with Crippen LogP contribution in [0.3, 0.4) is 0 Å². The number of aromatic nitrogens is 2. The van der Waals surface area contributed by atoms with Crippen LogP contribution in [0.25, 0.3) is 0 Å². The van der Waals surface area contributed by atoms with Crippen LogP contribution in [-0.2, 0) is 0 Å². The second kappa shape index (κ2) is 5.34. The van der Waals surface area contributed by atoms with Crippen molar-refractivity contribution in [2.75, 3.05) is 24.2 Å². The van der Waals surface area contributed by atoms with E-state index in [-0.39, 0.29) is 0 Å². The van der Waals surface area contributed by atoms with Crippen LogP contribution in [0.15, 0.2) is 0 Å². The molecule has 94 valence electrons. The van der Waals surface area contributed by atoms with Gasteiger partial charge in [-0.2, -0.15) is 0 Å². The maximum Gasteiger partial charge on any atom is 0.134 e. The molecule has 1 aliphatic rings. The SMILES string of the molecule is CNc1nc(C)nc(NCC2CCCC2)c1C. The molecule has 1 aliphatic carbocycles. The molecule has 0 spiro atoms. The first-order chi connectivity index (χ1) is 8.20. The Morgan fingerprint density at radius 1 is 1.12 bits per heavy atom. The normalized spacial score (nSPS) is 16.2. The van der Waals surface area contributed by atoms with Gasteiger partial charge in [-0.3, -0.25) is 0 Å². The van der Waals surface area contributed by atoms with Crippen molar-refractivity contribution in [3.05, 3.63) is 11.4 Å². The Bertz CT molecular complexity index is 383. The summed E-state index contributed by atoms with van der Waals surface area (Å²) in [6, 6.07) is 0. The molecule has 0 atom stereocenters. The van der Waals surface area contributed by atoms with E-state index >= 15 is 0 Å². The van der Waals surface area contributed by atoms with Crippen LogP contribution in [0.2, 0.25) is 0 Å². The summed E-state index contributed by atoms with van der Waals surface area (Å²) in [4.78, 5) is 8.85. The highest BCUT2D eigenvalue weighted by atomic mass is 15.1. The molecule has 0 bridgehead atoms. The summed E-state index contributed by atoms with van der Waals surface area (Å²) in [7, 11) is 1.90. The molecule has 0 saturated heterocycles. The van der Waals surface area contributed by atoms with Crippen LogP contribution in [0, 0.1) is 19.8 Å². The van der Waals surface area contributed by atoms with Gasteiger partial charge in [-0.15, -0.1) is 0 Å². The monoisotopic (exact) mass is 234 g/mol. The molecule has 0 aromatic carbocycles. The van der Waals surface area contributed by atoms with Gasteiger partial charge in [0.05, 0.1) is 0 Å². The molecule has 1 aromatic rings. The Balaban J connectivity index is 2.06. The van der Waals surface area contributed by atoms with E-state index in [1.807, 2.05) is 14.0 Å². The molecule has 1 heterocycles. The molecule has 0 aliphatic heterocycles. The summed E-state index contributed by atoms with van der Waals surface area (Å²) < 4.78 is 0. The van der Waals surface area contributed by atoms with Gasteiger partial charge < -0.3 is 10.6 Å². The number of aryl methyl sites for hydroxylation is 1. The molecular formula is C13H22N4. The van der Waals surface area contributed by atoms with E-state index in [0.717, 1.165) is 35.5 Å². The Hall–Kier alpha value is -1.32. The summed E-state index contributed by atoms with van der Waals surface area (Å²) >= 11 is 0. The van der Waals surface area contributed by atoms with E-state index in [0.29, 0.717) is 0 Å². The first kappa shape index (κ1) is 12.1. The van der Waals surface area contributed by atoms with Gasteiger partial charge in [0.1, 0.15) is 17.5 Å². The van der Waals surface area contributed by atoms with Crippen molar-refractivity contribution in [1.82, 2.24) is 9.97 Å². The summed E-state index contributed by atoms with van der Waals surface area (Å²) in [6.45, 7) is 5.03. The van der Waals surface area contributed by atoms with Crippen molar-refractivity contribution >= 4 is 11.6 Å². The topological polar surface area (TPSA) is 49.8 Å². The molecule has 2 rings (SSSR count). The summed E-state index contributed by atoms with van der Waals surface area (Å²) in [5.41, 5.74) is 1.11. The molecule has 1 aromatic heterocycles. The van der Waals surface area contributed by atoms with Gasteiger partial charge in [0, 0.05) is 19.2 Å². The van der Waals surface area contributed by atoms with Crippen LogP contribution in [0.1, 0.15) is 37.1 Å². The summed E-state index contributed by atoms with van der Waals surface area (Å²) in [5, 5.41) is 6.59. The predicted molar refractivity (Wildman–Crippen MR) is 71.5 cm³/mol. The molecule has 0 radical (unpaired) electrons. The van der Waals surface area contributed by atoms with Crippen molar-refractivity contribution in [3.63, 3.8) is 0 Å². The average Bonchev–Trinajstić information content (AvgIpc) is 2.82. The third-order valence-corrected chi connectivity index (χ3v) is 3.53. The minimum Gasteiger partial charge on any atom is -0.373 e. The zero-order chi connectivity index (χ0) is 12.3. The van der Waals surface area contributed by atoms with E-state index in [1.165, 1.54) is 25.7 Å². The number of nitrogens with zero attached hydrogens (tertiary/aromatic N) is 2. The van der Waals surface area contributed by atoms with Crippen molar-refractivity contribution in [3.8, 4) is 0 Å². The van der Waals surface area contributed by atoms with Gasteiger partial charge in [0.25, 0.3) is 0 Å². The molecule has 0 amide bonds. The lowest BCUT2D eigenvalue weighted by Crippen LogP contribution is -2.14. The number of hydrogen-bond donors (Lipinski definition) is 2. The number of hydrogen-bond acceptors (Lipinski definition) is 4. The zero-order valence-electron chi connectivity index (χ0n) is 11.0. The first-order valence-corrected chi connectivity index (χ1v) is 6.47. The number of nitrogens with one attached hydrogen (secondary N) is 2. The van der Waals surface area contributed by atoms with Crippen LogP contribution in [-0.4, -0.2) is 23.6 Å². The first-order valence-electron chi connectivity index (χ1n) is 6.47. The standard InChI is InChI=1S/C13H22N4/c1-9-12(14-3)16-10(2)17-13(9)15-8-11-6-4-5-7-11/h11H,4-8H2,1-3H3,(H2,14,15,16,17). The molecule has 0 unspecified atom stereocenters. The van der Waals surface area contributed by atoms with Gasteiger partial charge in [0.15, 0.2) is 0 Å². The second-order valence-corrected chi connectivity index (χ2v) is 4.87. The van der Waals surface area contributed by atoms with Gasteiger partial charge >= 0.3 is 0 Å². The van der Waals surface area contributed by atoms with Crippen molar-refractivity contribution in [1.29, 1.82) is 0 Å². The molecule has 2 N–H and O–H groups in total. The second-order valence-electron chi connectivity index (χ2n) is 4.87. The minimum atomic E-state index is 0.814. The van der Waals surface area contributed by atoms with Crippen molar-refractivity contribution < 1.29 is 0 Å². The maximum atomic E-state index is 4.48. The molecule has 4 nitrogen and oxygen atoms in total. The fraction of sp³-hybridized carbons (Fsp3) is 0.692. The van der Waals surface area contributed by atoms with E-state index in [1.54, 1.807) is 0 Å². The average molecular weight is 234 g/mol. The maximum absolute atomic E-state index is 4.48. The van der Waals surface area contributed by atoms with Crippen molar-refractivity contribution in [2.45, 2.75) is 39.5 Å². The van der Waals surface area contributed by atoms with Gasteiger partial charge in [0.2, 0.25) is 0 Å². The zero-order valence-corrected chi connectivity index (χ0v) is 11.0. The van der Waals surface area contributed by atoms with E-state index in [9.17, 15) is 0 Å². The third kappa shape index (κ3) is 2.87. The number of rotatable bonds is 4. The minimum absolute atomic E-state index is 0.814. The van der Waals surface area contributed by atoms with Gasteiger partial charge in [-0.1, -0.05) is 12.8 Å². The fourth-order valence-corrected chi connectivity index (χ4v) is 2.50. The Morgan fingerprint density at radius 3 is 2.41 bits per heavy atom. The fourth-order valence-electron chi connectivity index (χ4n) is 2.50. The molecule has 17 heavy (non-hydrogen) atoms. The summed E-state index contributed by atoms with van der Waals surface area (Å²) in [6.07, 6.45) is 5.48. The van der Waals surface area contributed by atoms with Crippen LogP contribution in [0.4, 0.5) is 11.6 Å². The molecular weight excluding hydrogens is 212 g/mol. The van der Waals surface area contributed by atoms with Crippen LogP contribution < -0.4 is 10.6 Å². The Kier molecular flexibility index (Phi) is 3.82. The lowest BCUT2D eigenvalue weighted by atomic mass is 10.1. The largest absolute Gasteiger partial charge is 0.373 e. The molecule has 1 fully saturated rings. The number of anilines is 2. The quantitative estimate of drug-likeness (QED) is 0.841. The lowest BCUT2D eigenvalue weighted by Gasteiger charge is -2.15. The highest BCUT2D eigenvalue weighted by Gasteiger charge is 2.15. The Labute approximate surface area is 103 Å². The predicted octanol–water partition coefficient (Wildman–Crippen LogP) is 2.74. The van der Waals surface area contributed by atoms with Crippen molar-refractivity contribution in [2.24, 2.45) is 5.92 Å².